The van der Waals surface area contributed by atoms with Crippen LogP contribution in [0.5, 0.6) is 6.01 Å². The number of nitrogens with zero attached hydrogens (tertiary/aromatic N) is 4. The first kappa shape index (κ1) is 13.3. The average Bonchev–Trinajstić information content (AvgIpc) is 2.78. The smallest absolute Gasteiger partial charge is 0.322 e. The van der Waals surface area contributed by atoms with Gasteiger partial charge in [-0.25, -0.2) is 0 Å². The van der Waals surface area contributed by atoms with Crippen molar-refractivity contribution >= 4 is 17.5 Å². The molecule has 1 unspecified atom stereocenters. The lowest BCUT2D eigenvalue weighted by atomic mass is 10.1. The lowest BCUT2D eigenvalue weighted by Gasteiger charge is -2.16. The number of hydrogen-bond donors (Lipinski definition) is 0. The summed E-state index contributed by atoms with van der Waals surface area (Å²) in [5, 5.41) is 0.165. The molecule has 0 saturated carbocycles. The van der Waals surface area contributed by atoms with Gasteiger partial charge in [-0.3, -0.25) is 0 Å². The maximum Gasteiger partial charge on any atom is 0.322 e. The van der Waals surface area contributed by atoms with E-state index in [0.29, 0.717) is 18.5 Å². The highest BCUT2D eigenvalue weighted by Crippen LogP contribution is 2.23. The largest absolute Gasteiger partial charge is 0.464 e. The van der Waals surface area contributed by atoms with Gasteiger partial charge in [-0.05, 0) is 24.9 Å². The third-order valence-electron chi connectivity index (χ3n) is 2.82. The summed E-state index contributed by atoms with van der Waals surface area (Å²) in [6.07, 6.45) is 1.07. The molecule has 1 saturated heterocycles. The SMILES string of the molecule is CCOc1nc(Cl)nc(N2CCC(COC)C2)n1. The Morgan fingerprint density at radius 3 is 2.94 bits per heavy atom. The molecule has 1 aliphatic heterocycles. The third kappa shape index (κ3) is 3.20. The molecule has 0 bridgehead atoms. The maximum atomic E-state index is 5.87. The van der Waals surface area contributed by atoms with Gasteiger partial charge in [-0.15, -0.1) is 0 Å². The van der Waals surface area contributed by atoms with Crippen LogP contribution < -0.4 is 9.64 Å². The zero-order chi connectivity index (χ0) is 13.0. The van der Waals surface area contributed by atoms with Gasteiger partial charge >= 0.3 is 6.01 Å². The second kappa shape index (κ2) is 6.15. The topological polar surface area (TPSA) is 60.4 Å². The molecule has 0 amide bonds. The molecule has 1 aromatic heterocycles. The van der Waals surface area contributed by atoms with Crippen molar-refractivity contribution in [2.45, 2.75) is 13.3 Å². The normalized spacial score (nSPS) is 19.3. The molecule has 7 heteroatoms. The van der Waals surface area contributed by atoms with Gasteiger partial charge in [-0.1, -0.05) is 0 Å². The van der Waals surface area contributed by atoms with Gasteiger partial charge in [0.15, 0.2) is 0 Å². The number of rotatable bonds is 5. The van der Waals surface area contributed by atoms with Crippen LogP contribution in [0, 0.1) is 5.92 Å². The van der Waals surface area contributed by atoms with E-state index in [-0.39, 0.29) is 11.3 Å². The maximum absolute atomic E-state index is 5.87. The molecule has 2 rings (SSSR count). The number of anilines is 1. The summed E-state index contributed by atoms with van der Waals surface area (Å²) in [5.74, 6) is 1.10. The minimum atomic E-state index is 0.165. The highest BCUT2D eigenvalue weighted by molar-refractivity contribution is 6.28. The minimum absolute atomic E-state index is 0.165. The van der Waals surface area contributed by atoms with E-state index in [2.05, 4.69) is 19.9 Å². The van der Waals surface area contributed by atoms with Crippen LogP contribution in [0.15, 0.2) is 0 Å². The van der Waals surface area contributed by atoms with Crippen molar-refractivity contribution in [3.63, 3.8) is 0 Å². The van der Waals surface area contributed by atoms with Crippen molar-refractivity contribution in [2.75, 3.05) is 38.3 Å². The summed E-state index contributed by atoms with van der Waals surface area (Å²) in [6.45, 7) is 4.92. The molecule has 2 heterocycles. The number of halogens is 1. The molecular weight excluding hydrogens is 256 g/mol. The lowest BCUT2D eigenvalue weighted by molar-refractivity contribution is 0.161. The van der Waals surface area contributed by atoms with Crippen molar-refractivity contribution in [3.8, 4) is 6.01 Å². The van der Waals surface area contributed by atoms with E-state index < -0.39 is 0 Å². The van der Waals surface area contributed by atoms with E-state index in [1.807, 2.05) is 6.92 Å². The number of methoxy groups -OCH3 is 1. The van der Waals surface area contributed by atoms with Crippen molar-refractivity contribution < 1.29 is 9.47 Å². The van der Waals surface area contributed by atoms with Crippen LogP contribution in [0.4, 0.5) is 5.95 Å². The molecule has 0 aliphatic carbocycles. The molecule has 0 aromatic carbocycles. The standard InChI is InChI=1S/C11H17ClN4O2/c1-3-18-11-14-9(12)13-10(15-11)16-5-4-8(6-16)7-17-2/h8H,3-7H2,1-2H3. The van der Waals surface area contributed by atoms with Crippen molar-refractivity contribution in [1.82, 2.24) is 15.0 Å². The van der Waals surface area contributed by atoms with E-state index in [4.69, 9.17) is 21.1 Å². The van der Waals surface area contributed by atoms with Gasteiger partial charge in [0.2, 0.25) is 11.2 Å². The molecular formula is C11H17ClN4O2. The zero-order valence-electron chi connectivity index (χ0n) is 10.6. The number of hydrogen-bond acceptors (Lipinski definition) is 6. The van der Waals surface area contributed by atoms with Crippen LogP contribution >= 0.6 is 11.6 Å². The fraction of sp³-hybridized carbons (Fsp3) is 0.727. The summed E-state index contributed by atoms with van der Waals surface area (Å²) >= 11 is 5.87. The van der Waals surface area contributed by atoms with E-state index in [9.17, 15) is 0 Å². The fourth-order valence-corrected chi connectivity index (χ4v) is 2.19. The molecule has 1 aliphatic rings. The van der Waals surface area contributed by atoms with Crippen molar-refractivity contribution in [1.29, 1.82) is 0 Å². The monoisotopic (exact) mass is 272 g/mol. The summed E-state index contributed by atoms with van der Waals surface area (Å²) in [6, 6.07) is 0.280. The Labute approximate surface area is 111 Å². The van der Waals surface area contributed by atoms with Gasteiger partial charge in [0.1, 0.15) is 0 Å². The Hall–Kier alpha value is -1.14. The summed E-state index contributed by atoms with van der Waals surface area (Å²) in [5.41, 5.74) is 0. The summed E-state index contributed by atoms with van der Waals surface area (Å²) in [4.78, 5) is 14.4. The van der Waals surface area contributed by atoms with Crippen LogP contribution in [-0.4, -0.2) is 48.4 Å². The van der Waals surface area contributed by atoms with Crippen LogP contribution in [0.1, 0.15) is 13.3 Å². The zero-order valence-corrected chi connectivity index (χ0v) is 11.4. The molecule has 100 valence electrons. The minimum Gasteiger partial charge on any atom is -0.464 e. The van der Waals surface area contributed by atoms with Gasteiger partial charge < -0.3 is 14.4 Å². The summed E-state index contributed by atoms with van der Waals surface area (Å²) < 4.78 is 10.4. The molecule has 18 heavy (non-hydrogen) atoms. The van der Waals surface area contributed by atoms with E-state index in [0.717, 1.165) is 26.1 Å². The van der Waals surface area contributed by atoms with E-state index in [1.165, 1.54) is 0 Å². The molecule has 1 atom stereocenters. The average molecular weight is 273 g/mol. The Bertz CT molecular complexity index is 405. The van der Waals surface area contributed by atoms with Crippen LogP contribution in [0.25, 0.3) is 0 Å². The molecule has 0 spiro atoms. The highest BCUT2D eigenvalue weighted by atomic mass is 35.5. The predicted octanol–water partition coefficient (Wildman–Crippen LogP) is 1.40. The second-order valence-corrected chi connectivity index (χ2v) is 4.51. The Kier molecular flexibility index (Phi) is 4.54. The first-order valence-electron chi connectivity index (χ1n) is 6.01. The van der Waals surface area contributed by atoms with Gasteiger partial charge in [0.25, 0.3) is 0 Å². The molecule has 0 radical (unpaired) electrons. The molecule has 1 fully saturated rings. The number of aromatic nitrogens is 3. The second-order valence-electron chi connectivity index (χ2n) is 4.18. The number of ether oxygens (including phenoxy) is 2. The fourth-order valence-electron chi connectivity index (χ4n) is 2.04. The first-order chi connectivity index (χ1) is 8.72. The van der Waals surface area contributed by atoms with Crippen molar-refractivity contribution in [3.05, 3.63) is 5.28 Å². The van der Waals surface area contributed by atoms with Gasteiger partial charge in [0, 0.05) is 26.1 Å². The van der Waals surface area contributed by atoms with Crippen LogP contribution in [0.2, 0.25) is 5.28 Å². The molecule has 6 nitrogen and oxygen atoms in total. The Morgan fingerprint density at radius 2 is 2.22 bits per heavy atom. The summed E-state index contributed by atoms with van der Waals surface area (Å²) in [7, 11) is 1.72. The molecule has 0 N–H and O–H groups in total. The van der Waals surface area contributed by atoms with Gasteiger partial charge in [0.05, 0.1) is 13.2 Å². The van der Waals surface area contributed by atoms with E-state index in [1.54, 1.807) is 7.11 Å². The van der Waals surface area contributed by atoms with Gasteiger partial charge in [-0.2, -0.15) is 15.0 Å². The van der Waals surface area contributed by atoms with Crippen LogP contribution in [0.3, 0.4) is 0 Å². The van der Waals surface area contributed by atoms with Crippen molar-refractivity contribution in [2.24, 2.45) is 5.92 Å². The van der Waals surface area contributed by atoms with Crippen LogP contribution in [-0.2, 0) is 4.74 Å². The lowest BCUT2D eigenvalue weighted by Crippen LogP contribution is -2.23. The van der Waals surface area contributed by atoms with E-state index >= 15 is 0 Å². The first-order valence-corrected chi connectivity index (χ1v) is 6.39. The Morgan fingerprint density at radius 1 is 1.39 bits per heavy atom. The highest BCUT2D eigenvalue weighted by Gasteiger charge is 2.25. The molecule has 1 aromatic rings. The third-order valence-corrected chi connectivity index (χ3v) is 2.99. The predicted molar refractivity (Wildman–Crippen MR) is 68.2 cm³/mol. The quantitative estimate of drug-likeness (QED) is 0.807. The Balaban J connectivity index is 2.08.